The van der Waals surface area contributed by atoms with Crippen LogP contribution in [-0.2, 0) is 14.8 Å². The van der Waals surface area contributed by atoms with Gasteiger partial charge >= 0.3 is 5.97 Å². The summed E-state index contributed by atoms with van der Waals surface area (Å²) in [7, 11) is -4.10. The minimum Gasteiger partial charge on any atom is -0.481 e. The van der Waals surface area contributed by atoms with Crippen molar-refractivity contribution in [2.75, 3.05) is 6.54 Å². The maximum absolute atomic E-state index is 13.6. The van der Waals surface area contributed by atoms with Crippen molar-refractivity contribution in [1.82, 2.24) is 9.29 Å². The molecule has 1 aliphatic rings. The van der Waals surface area contributed by atoms with Gasteiger partial charge in [-0.2, -0.15) is 4.31 Å². The van der Waals surface area contributed by atoms with Crippen LogP contribution in [0.15, 0.2) is 23.4 Å². The molecule has 0 saturated carbocycles. The van der Waals surface area contributed by atoms with Crippen LogP contribution in [0, 0.1) is 5.82 Å². The van der Waals surface area contributed by atoms with Crippen LogP contribution in [0.25, 0.3) is 0 Å². The number of pyridine rings is 1. The normalized spacial score (nSPS) is 20.8. The molecule has 0 radical (unpaired) electrons. The standard InChI is InChI=1S/C12H15FN2O4S/c13-10-5-3-6-14-12(10)20(18,19)15-7-2-1-4-9(15)8-11(16)17/h3,5-6,9H,1-2,4,7-8H2,(H,16,17). The van der Waals surface area contributed by atoms with E-state index in [0.29, 0.717) is 12.8 Å². The monoisotopic (exact) mass is 302 g/mol. The fourth-order valence-corrected chi connectivity index (χ4v) is 4.04. The van der Waals surface area contributed by atoms with E-state index in [0.717, 1.165) is 16.8 Å². The van der Waals surface area contributed by atoms with E-state index in [2.05, 4.69) is 4.98 Å². The van der Waals surface area contributed by atoms with Gasteiger partial charge in [-0.15, -0.1) is 0 Å². The number of carbonyl (C=O) groups is 1. The van der Waals surface area contributed by atoms with Gasteiger partial charge < -0.3 is 5.11 Å². The van der Waals surface area contributed by atoms with Gasteiger partial charge in [-0.1, -0.05) is 6.42 Å². The smallest absolute Gasteiger partial charge is 0.304 e. The summed E-state index contributed by atoms with van der Waals surface area (Å²) in [4.78, 5) is 14.4. The Morgan fingerprint density at radius 1 is 1.50 bits per heavy atom. The molecule has 1 saturated heterocycles. The van der Waals surface area contributed by atoms with Crippen molar-refractivity contribution >= 4 is 16.0 Å². The van der Waals surface area contributed by atoms with Crippen molar-refractivity contribution in [2.45, 2.75) is 36.8 Å². The molecule has 110 valence electrons. The van der Waals surface area contributed by atoms with Crippen LogP contribution in [0.5, 0.6) is 0 Å². The van der Waals surface area contributed by atoms with E-state index in [-0.39, 0.29) is 13.0 Å². The van der Waals surface area contributed by atoms with Crippen molar-refractivity contribution in [1.29, 1.82) is 0 Å². The number of sulfonamides is 1. The third-order valence-electron chi connectivity index (χ3n) is 3.26. The van der Waals surface area contributed by atoms with Gasteiger partial charge in [0, 0.05) is 18.8 Å². The highest BCUT2D eigenvalue weighted by molar-refractivity contribution is 7.89. The van der Waals surface area contributed by atoms with Gasteiger partial charge in [0.1, 0.15) is 0 Å². The first-order valence-electron chi connectivity index (χ1n) is 6.27. The molecule has 1 aromatic heterocycles. The topological polar surface area (TPSA) is 87.6 Å². The summed E-state index contributed by atoms with van der Waals surface area (Å²) >= 11 is 0. The lowest BCUT2D eigenvalue weighted by Gasteiger charge is -2.33. The quantitative estimate of drug-likeness (QED) is 0.904. The SMILES string of the molecule is O=C(O)CC1CCCCN1S(=O)(=O)c1ncccc1F. The molecule has 1 fully saturated rings. The van der Waals surface area contributed by atoms with E-state index in [1.165, 1.54) is 12.3 Å². The van der Waals surface area contributed by atoms with E-state index in [1.54, 1.807) is 0 Å². The lowest BCUT2D eigenvalue weighted by atomic mass is 10.0. The summed E-state index contributed by atoms with van der Waals surface area (Å²) in [5, 5.41) is 8.22. The molecular formula is C12H15FN2O4S. The number of aliphatic carboxylic acids is 1. The Kier molecular flexibility index (Phi) is 4.34. The van der Waals surface area contributed by atoms with Crippen molar-refractivity contribution < 1.29 is 22.7 Å². The highest BCUT2D eigenvalue weighted by atomic mass is 32.2. The molecule has 1 atom stereocenters. The minimum absolute atomic E-state index is 0.191. The van der Waals surface area contributed by atoms with E-state index < -0.39 is 32.9 Å². The zero-order valence-corrected chi connectivity index (χ0v) is 11.5. The Morgan fingerprint density at radius 3 is 2.90 bits per heavy atom. The van der Waals surface area contributed by atoms with Crippen LogP contribution in [0.1, 0.15) is 25.7 Å². The lowest BCUT2D eigenvalue weighted by molar-refractivity contribution is -0.138. The molecule has 1 unspecified atom stereocenters. The average Bonchev–Trinajstić information content (AvgIpc) is 2.38. The zero-order valence-electron chi connectivity index (χ0n) is 10.7. The predicted molar refractivity (Wildman–Crippen MR) is 68.0 cm³/mol. The first-order valence-corrected chi connectivity index (χ1v) is 7.71. The van der Waals surface area contributed by atoms with Gasteiger partial charge in [-0.05, 0) is 25.0 Å². The van der Waals surface area contributed by atoms with Gasteiger partial charge in [-0.3, -0.25) is 4.79 Å². The van der Waals surface area contributed by atoms with Crippen LogP contribution in [-0.4, -0.2) is 41.4 Å². The first kappa shape index (κ1) is 14.9. The zero-order chi connectivity index (χ0) is 14.8. The van der Waals surface area contributed by atoms with E-state index in [1.807, 2.05) is 0 Å². The van der Waals surface area contributed by atoms with Crippen molar-refractivity contribution in [2.24, 2.45) is 0 Å². The second-order valence-corrected chi connectivity index (χ2v) is 6.46. The number of carboxylic acid groups (broad SMARTS) is 1. The molecule has 1 N–H and O–H groups in total. The number of carboxylic acids is 1. The maximum Gasteiger partial charge on any atom is 0.304 e. The van der Waals surface area contributed by atoms with Gasteiger partial charge in [-0.25, -0.2) is 17.8 Å². The fraction of sp³-hybridized carbons (Fsp3) is 0.500. The number of rotatable bonds is 4. The van der Waals surface area contributed by atoms with Crippen molar-refractivity contribution in [3.05, 3.63) is 24.1 Å². The molecular weight excluding hydrogens is 287 g/mol. The largest absolute Gasteiger partial charge is 0.481 e. The van der Waals surface area contributed by atoms with E-state index in [4.69, 9.17) is 5.11 Å². The molecule has 0 spiro atoms. The number of halogens is 1. The Labute approximate surface area is 116 Å². The number of hydrogen-bond acceptors (Lipinski definition) is 4. The summed E-state index contributed by atoms with van der Waals surface area (Å²) in [6.07, 6.45) is 2.76. The fourth-order valence-electron chi connectivity index (χ4n) is 2.37. The third-order valence-corrected chi connectivity index (χ3v) is 5.15. The summed E-state index contributed by atoms with van der Waals surface area (Å²) in [6, 6.07) is 1.68. The maximum atomic E-state index is 13.6. The number of aromatic nitrogens is 1. The highest BCUT2D eigenvalue weighted by Gasteiger charge is 2.36. The molecule has 2 heterocycles. The van der Waals surface area contributed by atoms with Gasteiger partial charge in [0.05, 0.1) is 6.42 Å². The van der Waals surface area contributed by atoms with Gasteiger partial charge in [0.2, 0.25) is 5.03 Å². The summed E-state index contributed by atoms with van der Waals surface area (Å²) < 4.78 is 39.6. The average molecular weight is 302 g/mol. The summed E-state index contributed by atoms with van der Waals surface area (Å²) in [5.41, 5.74) is 0. The Morgan fingerprint density at radius 2 is 2.25 bits per heavy atom. The van der Waals surface area contributed by atoms with Crippen LogP contribution in [0.2, 0.25) is 0 Å². The molecule has 8 heteroatoms. The first-order chi connectivity index (χ1) is 9.43. The minimum atomic E-state index is -4.10. The van der Waals surface area contributed by atoms with Crippen molar-refractivity contribution in [3.63, 3.8) is 0 Å². The van der Waals surface area contributed by atoms with E-state index >= 15 is 0 Å². The molecule has 0 aliphatic carbocycles. The Balaban J connectivity index is 2.36. The molecule has 20 heavy (non-hydrogen) atoms. The Bertz CT molecular complexity index is 605. The third kappa shape index (κ3) is 2.96. The van der Waals surface area contributed by atoms with Gasteiger partial charge in [0.25, 0.3) is 10.0 Å². The number of nitrogens with zero attached hydrogens (tertiary/aromatic N) is 2. The van der Waals surface area contributed by atoms with Gasteiger partial charge in [0.15, 0.2) is 5.82 Å². The molecule has 0 aromatic carbocycles. The Hall–Kier alpha value is -1.54. The predicted octanol–water partition coefficient (Wildman–Crippen LogP) is 1.24. The second kappa shape index (κ2) is 5.84. The molecule has 6 nitrogen and oxygen atoms in total. The van der Waals surface area contributed by atoms with E-state index in [9.17, 15) is 17.6 Å². The van der Waals surface area contributed by atoms with Crippen LogP contribution < -0.4 is 0 Å². The summed E-state index contributed by atoms with van der Waals surface area (Å²) in [6.45, 7) is 0.191. The summed E-state index contributed by atoms with van der Waals surface area (Å²) in [5.74, 6) is -1.99. The number of piperidine rings is 1. The molecule has 1 aliphatic heterocycles. The molecule has 1 aromatic rings. The van der Waals surface area contributed by atoms with Crippen LogP contribution in [0.4, 0.5) is 4.39 Å². The molecule has 2 rings (SSSR count). The highest BCUT2D eigenvalue weighted by Crippen LogP contribution is 2.27. The number of hydrogen-bond donors (Lipinski definition) is 1. The lowest BCUT2D eigenvalue weighted by Crippen LogP contribution is -2.45. The van der Waals surface area contributed by atoms with Crippen LogP contribution >= 0.6 is 0 Å². The van der Waals surface area contributed by atoms with Crippen molar-refractivity contribution in [3.8, 4) is 0 Å². The molecule has 0 bridgehead atoms. The van der Waals surface area contributed by atoms with Crippen LogP contribution in [0.3, 0.4) is 0 Å². The molecule has 0 amide bonds. The second-order valence-electron chi connectivity index (χ2n) is 4.65.